The first kappa shape index (κ1) is 25.2. The molecule has 1 saturated heterocycles. The summed E-state index contributed by atoms with van der Waals surface area (Å²) in [6, 6.07) is 0. The van der Waals surface area contributed by atoms with Gasteiger partial charge in [-0.1, -0.05) is 0 Å². The number of ether oxygens (including phenoxy) is 1. The van der Waals surface area contributed by atoms with Gasteiger partial charge in [0.05, 0.1) is 6.61 Å². The summed E-state index contributed by atoms with van der Waals surface area (Å²) in [7, 11) is 0. The van der Waals surface area contributed by atoms with Crippen molar-refractivity contribution in [3.8, 4) is 0 Å². The fraction of sp³-hybridized carbons (Fsp3) is 0.812. The molecular formula is C16H28N2O11. The van der Waals surface area contributed by atoms with Crippen molar-refractivity contribution < 1.29 is 54.9 Å². The Morgan fingerprint density at radius 3 is 2.17 bits per heavy atom. The van der Waals surface area contributed by atoms with Crippen LogP contribution < -0.4 is 10.6 Å². The van der Waals surface area contributed by atoms with Gasteiger partial charge < -0.3 is 51.1 Å². The first-order valence-corrected chi connectivity index (χ1v) is 8.98. The van der Waals surface area contributed by atoms with E-state index in [2.05, 4.69) is 10.6 Å². The molecule has 9 N–H and O–H groups in total. The van der Waals surface area contributed by atoms with Gasteiger partial charge in [-0.2, -0.15) is 0 Å². The van der Waals surface area contributed by atoms with E-state index in [9.17, 15) is 45.0 Å². The van der Waals surface area contributed by atoms with Crippen LogP contribution in [0, 0.1) is 0 Å². The van der Waals surface area contributed by atoms with Gasteiger partial charge in [0.25, 0.3) is 0 Å². The van der Waals surface area contributed by atoms with E-state index in [1.807, 2.05) is 0 Å². The molecule has 1 fully saturated rings. The zero-order valence-electron chi connectivity index (χ0n) is 15.6. The second-order valence-corrected chi connectivity index (χ2v) is 6.76. The van der Waals surface area contributed by atoms with Gasteiger partial charge in [0.1, 0.15) is 30.0 Å². The van der Waals surface area contributed by atoms with Crippen LogP contribution in [0.4, 0.5) is 0 Å². The summed E-state index contributed by atoms with van der Waals surface area (Å²) in [5, 5.41) is 70.5. The molecule has 0 saturated carbocycles. The molecule has 0 aliphatic carbocycles. The Morgan fingerprint density at radius 2 is 1.62 bits per heavy atom. The van der Waals surface area contributed by atoms with Gasteiger partial charge in [-0.25, -0.2) is 0 Å². The summed E-state index contributed by atoms with van der Waals surface area (Å²) >= 11 is 0. The summed E-state index contributed by atoms with van der Waals surface area (Å²) in [4.78, 5) is 35.1. The normalized spacial score (nSPS) is 29.0. The van der Waals surface area contributed by atoms with Crippen molar-refractivity contribution in [1.29, 1.82) is 0 Å². The van der Waals surface area contributed by atoms with Crippen LogP contribution in [0.25, 0.3) is 0 Å². The van der Waals surface area contributed by atoms with Crippen molar-refractivity contribution in [2.75, 3.05) is 19.8 Å². The molecule has 13 nitrogen and oxygen atoms in total. The molecule has 6 atom stereocenters. The summed E-state index contributed by atoms with van der Waals surface area (Å²) in [5.74, 6) is -2.75. The zero-order valence-corrected chi connectivity index (χ0v) is 15.6. The SMILES string of the molecule is O=C(O)CCCC(=O)NC(CO)(CCO)C(=O)NCC1O[C@H](O)C(O)C(O)[C@@H]1O. The average Bonchev–Trinajstić information content (AvgIpc) is 2.67. The number of rotatable bonds is 11. The van der Waals surface area contributed by atoms with Gasteiger partial charge in [-0.05, 0) is 6.42 Å². The quantitative estimate of drug-likeness (QED) is 0.153. The third kappa shape index (κ3) is 6.85. The lowest BCUT2D eigenvalue weighted by Crippen LogP contribution is -2.64. The average molecular weight is 424 g/mol. The number of carboxylic acids is 1. The number of nitrogens with one attached hydrogen (secondary N) is 2. The molecular weight excluding hydrogens is 396 g/mol. The number of carbonyl (C=O) groups is 3. The fourth-order valence-corrected chi connectivity index (χ4v) is 2.81. The topological polar surface area (TPSA) is 226 Å². The zero-order chi connectivity index (χ0) is 22.2. The second kappa shape index (κ2) is 11.3. The molecule has 1 aliphatic rings. The minimum atomic E-state index is -1.93. The number of aliphatic hydroxyl groups is 6. The highest BCUT2D eigenvalue weighted by molar-refractivity contribution is 5.91. The molecule has 0 aromatic rings. The Labute approximate surface area is 165 Å². The highest BCUT2D eigenvalue weighted by atomic mass is 16.6. The summed E-state index contributed by atoms with van der Waals surface area (Å²) in [6.07, 6.45) is -9.06. The van der Waals surface area contributed by atoms with Crippen molar-refractivity contribution >= 4 is 17.8 Å². The molecule has 1 rings (SSSR count). The van der Waals surface area contributed by atoms with Crippen molar-refractivity contribution in [1.82, 2.24) is 10.6 Å². The van der Waals surface area contributed by atoms with Crippen molar-refractivity contribution in [2.45, 2.75) is 61.9 Å². The predicted molar refractivity (Wildman–Crippen MR) is 93.1 cm³/mol. The highest BCUT2D eigenvalue weighted by Gasteiger charge is 2.44. The van der Waals surface area contributed by atoms with E-state index in [0.29, 0.717) is 0 Å². The van der Waals surface area contributed by atoms with Gasteiger partial charge in [0.2, 0.25) is 11.8 Å². The summed E-state index contributed by atoms with van der Waals surface area (Å²) < 4.78 is 4.92. The van der Waals surface area contributed by atoms with Crippen LogP contribution in [0.2, 0.25) is 0 Å². The Kier molecular flexibility index (Phi) is 9.85. The Balaban J connectivity index is 2.75. The smallest absolute Gasteiger partial charge is 0.303 e. The van der Waals surface area contributed by atoms with Gasteiger partial charge in [-0.3, -0.25) is 14.4 Å². The van der Waals surface area contributed by atoms with E-state index < -0.39 is 73.8 Å². The van der Waals surface area contributed by atoms with Crippen molar-refractivity contribution in [3.05, 3.63) is 0 Å². The van der Waals surface area contributed by atoms with Crippen LogP contribution in [0.5, 0.6) is 0 Å². The van der Waals surface area contributed by atoms with Crippen molar-refractivity contribution in [2.24, 2.45) is 0 Å². The van der Waals surface area contributed by atoms with Crippen LogP contribution in [-0.4, -0.2) is 110 Å². The molecule has 0 bridgehead atoms. The largest absolute Gasteiger partial charge is 0.481 e. The lowest BCUT2D eigenvalue weighted by molar-refractivity contribution is -0.280. The van der Waals surface area contributed by atoms with Crippen molar-refractivity contribution in [3.63, 3.8) is 0 Å². The van der Waals surface area contributed by atoms with Gasteiger partial charge in [0.15, 0.2) is 6.29 Å². The van der Waals surface area contributed by atoms with Gasteiger partial charge in [0, 0.05) is 32.4 Å². The predicted octanol–water partition coefficient (Wildman–Crippen LogP) is -4.61. The molecule has 29 heavy (non-hydrogen) atoms. The number of aliphatic hydroxyl groups excluding tert-OH is 6. The third-order valence-electron chi connectivity index (χ3n) is 4.57. The molecule has 168 valence electrons. The number of aliphatic carboxylic acids is 1. The van der Waals surface area contributed by atoms with E-state index in [1.165, 1.54) is 0 Å². The molecule has 13 heteroatoms. The highest BCUT2D eigenvalue weighted by Crippen LogP contribution is 2.20. The van der Waals surface area contributed by atoms with Crippen LogP contribution >= 0.6 is 0 Å². The first-order chi connectivity index (χ1) is 13.6. The Morgan fingerprint density at radius 1 is 0.966 bits per heavy atom. The molecule has 1 heterocycles. The number of hydrogen-bond donors (Lipinski definition) is 9. The monoisotopic (exact) mass is 424 g/mol. The van der Waals surface area contributed by atoms with Crippen LogP contribution in [-0.2, 0) is 19.1 Å². The van der Waals surface area contributed by atoms with E-state index >= 15 is 0 Å². The maximum absolute atomic E-state index is 12.6. The molecule has 1 aliphatic heterocycles. The number of hydrogen-bond acceptors (Lipinski definition) is 10. The third-order valence-corrected chi connectivity index (χ3v) is 4.57. The molecule has 0 spiro atoms. The Bertz CT molecular complexity index is 575. The Hall–Kier alpha value is -1.87. The van der Waals surface area contributed by atoms with E-state index in [4.69, 9.17) is 9.84 Å². The number of carboxylic acid groups (broad SMARTS) is 1. The van der Waals surface area contributed by atoms with E-state index in [0.717, 1.165) is 0 Å². The van der Waals surface area contributed by atoms with E-state index in [-0.39, 0.29) is 25.7 Å². The van der Waals surface area contributed by atoms with Gasteiger partial charge >= 0.3 is 5.97 Å². The fourth-order valence-electron chi connectivity index (χ4n) is 2.81. The van der Waals surface area contributed by atoms with Crippen LogP contribution in [0.3, 0.4) is 0 Å². The molecule has 0 aromatic carbocycles. The lowest BCUT2D eigenvalue weighted by Gasteiger charge is -2.39. The van der Waals surface area contributed by atoms with Gasteiger partial charge in [-0.15, -0.1) is 0 Å². The minimum absolute atomic E-state index is 0.00360. The summed E-state index contributed by atoms with van der Waals surface area (Å²) in [5.41, 5.74) is -1.93. The van der Waals surface area contributed by atoms with Crippen LogP contribution in [0.15, 0.2) is 0 Å². The number of carbonyl (C=O) groups excluding carboxylic acids is 2. The first-order valence-electron chi connectivity index (χ1n) is 8.98. The molecule has 2 amide bonds. The van der Waals surface area contributed by atoms with Crippen LogP contribution in [0.1, 0.15) is 25.7 Å². The molecule has 0 aromatic heterocycles. The maximum atomic E-state index is 12.6. The minimum Gasteiger partial charge on any atom is -0.481 e. The maximum Gasteiger partial charge on any atom is 0.303 e. The number of amides is 2. The lowest BCUT2D eigenvalue weighted by atomic mass is 9.94. The molecule has 4 unspecified atom stereocenters. The second-order valence-electron chi connectivity index (χ2n) is 6.76. The van der Waals surface area contributed by atoms with E-state index in [1.54, 1.807) is 0 Å². The summed E-state index contributed by atoms with van der Waals surface area (Å²) in [6.45, 7) is -1.92. The molecule has 0 radical (unpaired) electrons. The standard InChI is InChI=1S/C16H28N2O11/c19-5-4-16(7-20,18-9(21)2-1-3-10(22)23)15(28)17-6-8-11(24)12(25)13(26)14(27)29-8/h8,11-14,19-20,24-27H,1-7H2,(H,17,28)(H,18,21)(H,22,23)/t8?,11-,12?,13?,14+,16?/m1/s1.